The molecule has 1 fully saturated rings. The Morgan fingerprint density at radius 2 is 1.84 bits per heavy atom. The quantitative estimate of drug-likeness (QED) is 0.735. The van der Waals surface area contributed by atoms with E-state index in [-0.39, 0.29) is 11.8 Å². The van der Waals surface area contributed by atoms with Crippen molar-refractivity contribution in [2.24, 2.45) is 14.1 Å². The van der Waals surface area contributed by atoms with E-state index in [1.807, 2.05) is 64.8 Å². The first-order chi connectivity index (χ1) is 12.1. The lowest BCUT2D eigenvalue weighted by atomic mass is 9.96. The summed E-state index contributed by atoms with van der Waals surface area (Å²) in [6, 6.07) is 7.68. The molecule has 1 aliphatic heterocycles. The van der Waals surface area contributed by atoms with Gasteiger partial charge < -0.3 is 18.6 Å². The molecule has 0 spiro atoms. The first-order valence-electron chi connectivity index (χ1n) is 8.49. The van der Waals surface area contributed by atoms with Crippen molar-refractivity contribution in [3.63, 3.8) is 0 Å². The zero-order valence-corrected chi connectivity index (χ0v) is 14.4. The van der Waals surface area contributed by atoms with Gasteiger partial charge in [-0.1, -0.05) is 5.16 Å². The molecule has 130 valence electrons. The van der Waals surface area contributed by atoms with Gasteiger partial charge in [0.05, 0.1) is 5.69 Å². The largest absolute Gasteiger partial charge is 0.348 e. The molecular formula is C18H21N5O2. The summed E-state index contributed by atoms with van der Waals surface area (Å²) in [5.41, 5.74) is 1.66. The number of aromatic nitrogens is 4. The number of amides is 1. The number of piperidine rings is 1. The van der Waals surface area contributed by atoms with E-state index in [0.29, 0.717) is 24.8 Å². The molecule has 0 N–H and O–H groups in total. The van der Waals surface area contributed by atoms with E-state index in [4.69, 9.17) is 4.52 Å². The lowest BCUT2D eigenvalue weighted by molar-refractivity contribution is 0.0695. The van der Waals surface area contributed by atoms with Crippen LogP contribution in [0.3, 0.4) is 0 Å². The summed E-state index contributed by atoms with van der Waals surface area (Å²) in [5.74, 6) is 1.58. The van der Waals surface area contributed by atoms with Crippen LogP contribution in [0.4, 0.5) is 0 Å². The highest BCUT2D eigenvalue weighted by molar-refractivity contribution is 5.92. The third kappa shape index (κ3) is 2.86. The van der Waals surface area contributed by atoms with E-state index >= 15 is 0 Å². The van der Waals surface area contributed by atoms with Crippen LogP contribution in [0.15, 0.2) is 41.2 Å². The molecule has 0 aliphatic carbocycles. The van der Waals surface area contributed by atoms with Gasteiger partial charge in [-0.25, -0.2) is 0 Å². The maximum absolute atomic E-state index is 12.6. The Labute approximate surface area is 145 Å². The number of nitrogens with zero attached hydrogens (tertiary/aromatic N) is 5. The summed E-state index contributed by atoms with van der Waals surface area (Å²) in [6.45, 7) is 1.41. The maximum atomic E-state index is 12.6. The van der Waals surface area contributed by atoms with Crippen molar-refractivity contribution in [2.45, 2.75) is 18.8 Å². The van der Waals surface area contributed by atoms with Crippen LogP contribution in [-0.4, -0.2) is 43.2 Å². The number of rotatable bonds is 3. The highest BCUT2D eigenvalue weighted by atomic mass is 16.5. The summed E-state index contributed by atoms with van der Waals surface area (Å²) in [4.78, 5) is 19.0. The van der Waals surface area contributed by atoms with E-state index < -0.39 is 0 Å². The fourth-order valence-corrected chi connectivity index (χ4v) is 3.37. The molecule has 7 heteroatoms. The Kier molecular flexibility index (Phi) is 3.91. The second-order valence-corrected chi connectivity index (χ2v) is 6.53. The minimum atomic E-state index is 0.0842. The smallest absolute Gasteiger partial charge is 0.270 e. The van der Waals surface area contributed by atoms with Gasteiger partial charge in [0.2, 0.25) is 11.7 Å². The van der Waals surface area contributed by atoms with Crippen molar-refractivity contribution in [1.82, 2.24) is 24.2 Å². The van der Waals surface area contributed by atoms with Crippen molar-refractivity contribution in [3.8, 4) is 11.5 Å². The van der Waals surface area contributed by atoms with Crippen LogP contribution < -0.4 is 0 Å². The van der Waals surface area contributed by atoms with Gasteiger partial charge in [-0.2, -0.15) is 4.98 Å². The van der Waals surface area contributed by atoms with E-state index in [1.54, 1.807) is 0 Å². The van der Waals surface area contributed by atoms with Gasteiger partial charge in [0, 0.05) is 45.5 Å². The number of carbonyl (C=O) groups is 1. The second-order valence-electron chi connectivity index (χ2n) is 6.53. The Balaban J connectivity index is 1.42. The standard InChI is InChI=1S/C18H21N5O2/c1-21-9-3-5-14(21)16-19-17(25-20-16)13-7-11-23(12-8-13)18(24)15-6-4-10-22(15)2/h3-6,9-10,13H,7-8,11-12H2,1-2H3. The van der Waals surface area contributed by atoms with Crippen molar-refractivity contribution in [1.29, 1.82) is 0 Å². The molecule has 0 bridgehead atoms. The average molecular weight is 339 g/mol. The summed E-state index contributed by atoms with van der Waals surface area (Å²) >= 11 is 0. The molecule has 0 atom stereocenters. The van der Waals surface area contributed by atoms with Crippen LogP contribution in [0, 0.1) is 0 Å². The molecule has 25 heavy (non-hydrogen) atoms. The number of carbonyl (C=O) groups excluding carboxylic acids is 1. The van der Waals surface area contributed by atoms with E-state index in [1.165, 1.54) is 0 Å². The molecule has 0 saturated carbocycles. The van der Waals surface area contributed by atoms with Gasteiger partial charge in [-0.15, -0.1) is 0 Å². The van der Waals surface area contributed by atoms with Crippen LogP contribution in [-0.2, 0) is 14.1 Å². The summed E-state index contributed by atoms with van der Waals surface area (Å²) in [6.07, 6.45) is 5.53. The maximum Gasteiger partial charge on any atom is 0.270 e. The van der Waals surface area contributed by atoms with Crippen molar-refractivity contribution in [3.05, 3.63) is 48.2 Å². The number of hydrogen-bond acceptors (Lipinski definition) is 4. The van der Waals surface area contributed by atoms with Gasteiger partial charge in [0.1, 0.15) is 5.69 Å². The Bertz CT molecular complexity index is 883. The topological polar surface area (TPSA) is 69.1 Å². The van der Waals surface area contributed by atoms with Crippen LogP contribution in [0.1, 0.15) is 35.1 Å². The van der Waals surface area contributed by atoms with E-state index in [0.717, 1.165) is 24.2 Å². The van der Waals surface area contributed by atoms with Crippen molar-refractivity contribution >= 4 is 5.91 Å². The molecule has 3 aromatic rings. The first kappa shape index (κ1) is 15.7. The Hall–Kier alpha value is -2.83. The summed E-state index contributed by atoms with van der Waals surface area (Å²) < 4.78 is 9.32. The predicted octanol–water partition coefficient (Wildman–Crippen LogP) is 2.43. The minimum Gasteiger partial charge on any atom is -0.348 e. The van der Waals surface area contributed by atoms with Crippen LogP contribution >= 0.6 is 0 Å². The van der Waals surface area contributed by atoms with Crippen LogP contribution in [0.5, 0.6) is 0 Å². The fraction of sp³-hybridized carbons (Fsp3) is 0.389. The fourth-order valence-electron chi connectivity index (χ4n) is 3.37. The summed E-state index contributed by atoms with van der Waals surface area (Å²) in [7, 11) is 3.85. The lowest BCUT2D eigenvalue weighted by Gasteiger charge is -2.30. The molecule has 1 aliphatic rings. The molecule has 4 heterocycles. The van der Waals surface area contributed by atoms with E-state index in [9.17, 15) is 4.79 Å². The normalized spacial score (nSPS) is 15.7. The highest BCUT2D eigenvalue weighted by Gasteiger charge is 2.29. The SMILES string of the molecule is Cn1cccc1C(=O)N1CCC(c2nc(-c3cccn3C)no2)CC1. The van der Waals surface area contributed by atoms with Gasteiger partial charge in [0.15, 0.2) is 0 Å². The molecule has 0 unspecified atom stereocenters. The molecule has 1 saturated heterocycles. The molecule has 7 nitrogen and oxygen atoms in total. The Morgan fingerprint density at radius 1 is 1.12 bits per heavy atom. The average Bonchev–Trinajstić information content (AvgIpc) is 3.35. The Morgan fingerprint density at radius 3 is 2.48 bits per heavy atom. The van der Waals surface area contributed by atoms with Crippen LogP contribution in [0.2, 0.25) is 0 Å². The molecule has 3 aromatic heterocycles. The molecular weight excluding hydrogens is 318 g/mol. The van der Waals surface area contributed by atoms with Gasteiger partial charge in [-0.05, 0) is 37.1 Å². The second kappa shape index (κ2) is 6.23. The predicted molar refractivity (Wildman–Crippen MR) is 92.0 cm³/mol. The van der Waals surface area contributed by atoms with Crippen molar-refractivity contribution < 1.29 is 9.32 Å². The molecule has 0 radical (unpaired) electrons. The number of aryl methyl sites for hydroxylation is 2. The van der Waals surface area contributed by atoms with Gasteiger partial charge >= 0.3 is 0 Å². The zero-order valence-electron chi connectivity index (χ0n) is 14.4. The third-order valence-corrected chi connectivity index (χ3v) is 4.91. The highest BCUT2D eigenvalue weighted by Crippen LogP contribution is 2.29. The van der Waals surface area contributed by atoms with Gasteiger partial charge in [0.25, 0.3) is 5.91 Å². The zero-order chi connectivity index (χ0) is 17.4. The number of hydrogen-bond donors (Lipinski definition) is 0. The van der Waals surface area contributed by atoms with Crippen LogP contribution in [0.25, 0.3) is 11.5 Å². The van der Waals surface area contributed by atoms with Crippen molar-refractivity contribution in [2.75, 3.05) is 13.1 Å². The van der Waals surface area contributed by atoms with Gasteiger partial charge in [-0.3, -0.25) is 4.79 Å². The first-order valence-corrected chi connectivity index (χ1v) is 8.49. The summed E-state index contributed by atoms with van der Waals surface area (Å²) in [5, 5.41) is 4.11. The minimum absolute atomic E-state index is 0.0842. The molecule has 1 amide bonds. The lowest BCUT2D eigenvalue weighted by Crippen LogP contribution is -2.38. The monoisotopic (exact) mass is 339 g/mol. The number of likely N-dealkylation sites (tertiary alicyclic amines) is 1. The van der Waals surface area contributed by atoms with E-state index in [2.05, 4.69) is 10.1 Å². The molecule has 4 rings (SSSR count). The molecule has 0 aromatic carbocycles. The third-order valence-electron chi connectivity index (χ3n) is 4.91.